The molecule has 2 aromatic heterocycles. The van der Waals surface area contributed by atoms with Crippen molar-refractivity contribution in [3.63, 3.8) is 0 Å². The van der Waals surface area contributed by atoms with Crippen LogP contribution in [0, 0.1) is 0 Å². The maximum atomic E-state index is 11.7. The predicted molar refractivity (Wildman–Crippen MR) is 65.4 cm³/mol. The van der Waals surface area contributed by atoms with E-state index in [2.05, 4.69) is 15.6 Å². The van der Waals surface area contributed by atoms with Gasteiger partial charge in [0.15, 0.2) is 5.69 Å². The van der Waals surface area contributed by atoms with Gasteiger partial charge >= 0.3 is 5.97 Å². The second-order valence-corrected chi connectivity index (χ2v) is 3.91. The van der Waals surface area contributed by atoms with Gasteiger partial charge in [-0.05, 0) is 12.1 Å². The number of amides is 1. The zero-order valence-electron chi connectivity index (χ0n) is 10.4. The molecule has 9 heteroatoms. The molecular formula is C11H13N5O4. The number of nitrogens with two attached hydrogens (primary N) is 1. The molecular weight excluding hydrogens is 266 g/mol. The lowest BCUT2D eigenvalue weighted by atomic mass is 10.3. The Kier molecular flexibility index (Phi) is 4.11. The Bertz CT molecular complexity index is 604. The number of hydrogen-bond donors (Lipinski definition) is 3. The average molecular weight is 279 g/mol. The van der Waals surface area contributed by atoms with Crippen LogP contribution < -0.4 is 11.1 Å². The average Bonchev–Trinajstić information content (AvgIpc) is 3.05. The second-order valence-electron chi connectivity index (χ2n) is 3.91. The first-order chi connectivity index (χ1) is 9.61. The Hall–Kier alpha value is -2.68. The quantitative estimate of drug-likeness (QED) is 0.638. The summed E-state index contributed by atoms with van der Waals surface area (Å²) in [5.74, 6) is -0.965. The van der Waals surface area contributed by atoms with Crippen molar-refractivity contribution in [3.05, 3.63) is 35.5 Å². The predicted octanol–water partition coefficient (Wildman–Crippen LogP) is -0.656. The highest BCUT2D eigenvalue weighted by atomic mass is 16.4. The van der Waals surface area contributed by atoms with E-state index in [4.69, 9.17) is 15.3 Å². The molecule has 0 aliphatic carbocycles. The first-order valence-electron chi connectivity index (χ1n) is 5.76. The van der Waals surface area contributed by atoms with Crippen molar-refractivity contribution >= 4 is 11.9 Å². The number of hydrogen-bond acceptors (Lipinski definition) is 6. The van der Waals surface area contributed by atoms with Gasteiger partial charge in [0.05, 0.1) is 18.5 Å². The van der Waals surface area contributed by atoms with Crippen molar-refractivity contribution in [1.29, 1.82) is 0 Å². The smallest absolute Gasteiger partial charge is 0.358 e. The van der Waals surface area contributed by atoms with Crippen LogP contribution in [0.1, 0.15) is 21.9 Å². The Balaban J connectivity index is 1.99. The van der Waals surface area contributed by atoms with E-state index in [1.54, 1.807) is 12.1 Å². The monoisotopic (exact) mass is 279 g/mol. The van der Waals surface area contributed by atoms with Crippen LogP contribution in [0.2, 0.25) is 0 Å². The van der Waals surface area contributed by atoms with E-state index in [1.807, 2.05) is 0 Å². The minimum absolute atomic E-state index is 0.0693. The summed E-state index contributed by atoms with van der Waals surface area (Å²) < 4.78 is 6.23. The van der Waals surface area contributed by atoms with Gasteiger partial charge in [0.1, 0.15) is 12.3 Å². The molecule has 0 aliphatic heterocycles. The summed E-state index contributed by atoms with van der Waals surface area (Å²) >= 11 is 0. The van der Waals surface area contributed by atoms with Crippen molar-refractivity contribution in [2.75, 3.05) is 0 Å². The number of carbonyl (C=O) groups is 2. The third kappa shape index (κ3) is 3.01. The number of furan rings is 1. The van der Waals surface area contributed by atoms with E-state index >= 15 is 0 Å². The minimum atomic E-state index is -1.23. The van der Waals surface area contributed by atoms with Gasteiger partial charge in [0.25, 0.3) is 0 Å². The van der Waals surface area contributed by atoms with Crippen molar-refractivity contribution in [1.82, 2.24) is 20.3 Å². The minimum Gasteiger partial charge on any atom is -0.476 e. The largest absolute Gasteiger partial charge is 0.476 e. The number of carboxylic acids is 1. The van der Waals surface area contributed by atoms with Gasteiger partial charge in [-0.15, -0.1) is 5.10 Å². The van der Waals surface area contributed by atoms with Crippen LogP contribution in [0.5, 0.6) is 0 Å². The number of nitrogens with zero attached hydrogens (tertiary/aromatic N) is 3. The molecule has 20 heavy (non-hydrogen) atoms. The van der Waals surface area contributed by atoms with E-state index in [1.165, 1.54) is 10.9 Å². The molecule has 106 valence electrons. The van der Waals surface area contributed by atoms with Crippen LogP contribution in [0.25, 0.3) is 0 Å². The zero-order valence-corrected chi connectivity index (χ0v) is 10.4. The molecule has 2 heterocycles. The summed E-state index contributed by atoms with van der Waals surface area (Å²) in [6, 6.07) is 3.44. The highest BCUT2D eigenvalue weighted by Crippen LogP contribution is 2.04. The zero-order chi connectivity index (χ0) is 14.5. The number of carboxylic acid groups (broad SMARTS) is 1. The fourth-order valence-electron chi connectivity index (χ4n) is 1.62. The molecule has 9 nitrogen and oxygen atoms in total. The summed E-state index contributed by atoms with van der Waals surface area (Å²) in [4.78, 5) is 22.6. The van der Waals surface area contributed by atoms with E-state index in [0.717, 1.165) is 0 Å². The molecule has 1 amide bonds. The third-order valence-electron chi connectivity index (χ3n) is 2.57. The number of carbonyl (C=O) groups excluding carboxylic acids is 1. The van der Waals surface area contributed by atoms with Crippen molar-refractivity contribution in [3.8, 4) is 0 Å². The molecule has 0 radical (unpaired) electrons. The second kappa shape index (κ2) is 5.97. The summed E-state index contributed by atoms with van der Waals surface area (Å²) in [5, 5.41) is 18.6. The lowest BCUT2D eigenvalue weighted by molar-refractivity contribution is -0.122. The van der Waals surface area contributed by atoms with Crippen molar-refractivity contribution < 1.29 is 19.1 Å². The summed E-state index contributed by atoms with van der Waals surface area (Å²) in [6.45, 7) is 0.0118. The molecule has 0 saturated carbocycles. The molecule has 2 aromatic rings. The summed E-state index contributed by atoms with van der Waals surface area (Å²) in [7, 11) is 0. The third-order valence-corrected chi connectivity index (χ3v) is 2.57. The lowest BCUT2D eigenvalue weighted by Gasteiger charge is -2.05. The molecule has 0 saturated heterocycles. The van der Waals surface area contributed by atoms with Gasteiger partial charge in [-0.1, -0.05) is 5.21 Å². The Morgan fingerprint density at radius 1 is 1.50 bits per heavy atom. The SMILES string of the molecule is NCc1c(C(=O)O)nnn1CC(=O)NCc1ccco1. The number of aromatic nitrogens is 3. The lowest BCUT2D eigenvalue weighted by Crippen LogP contribution is -2.28. The maximum Gasteiger partial charge on any atom is 0.358 e. The van der Waals surface area contributed by atoms with Crippen molar-refractivity contribution in [2.24, 2.45) is 5.73 Å². The summed E-state index contributed by atoms with van der Waals surface area (Å²) in [5.41, 5.74) is 5.41. The van der Waals surface area contributed by atoms with Crippen LogP contribution in [0.15, 0.2) is 22.8 Å². The van der Waals surface area contributed by atoms with Gasteiger partial charge in [0, 0.05) is 6.54 Å². The maximum absolute atomic E-state index is 11.7. The normalized spacial score (nSPS) is 10.4. The Morgan fingerprint density at radius 2 is 2.30 bits per heavy atom. The molecule has 0 aromatic carbocycles. The van der Waals surface area contributed by atoms with E-state index < -0.39 is 5.97 Å². The van der Waals surface area contributed by atoms with Crippen LogP contribution in [0.3, 0.4) is 0 Å². The van der Waals surface area contributed by atoms with Gasteiger partial charge in [-0.25, -0.2) is 9.48 Å². The van der Waals surface area contributed by atoms with Crippen LogP contribution >= 0.6 is 0 Å². The fraction of sp³-hybridized carbons (Fsp3) is 0.273. The van der Waals surface area contributed by atoms with Gasteiger partial charge < -0.3 is 20.6 Å². The van der Waals surface area contributed by atoms with Gasteiger partial charge in [-0.3, -0.25) is 4.79 Å². The number of nitrogens with one attached hydrogen (secondary N) is 1. The Labute approximate surface area is 113 Å². The van der Waals surface area contributed by atoms with E-state index in [9.17, 15) is 9.59 Å². The van der Waals surface area contributed by atoms with Crippen molar-refractivity contribution in [2.45, 2.75) is 19.6 Å². The standard InChI is InChI=1S/C11H13N5O4/c12-4-8-10(11(18)19)14-15-16(8)6-9(17)13-5-7-2-1-3-20-7/h1-3H,4-6,12H2,(H,13,17)(H,18,19). The molecule has 2 rings (SSSR count). The van der Waals surface area contributed by atoms with E-state index in [0.29, 0.717) is 5.76 Å². The molecule has 4 N–H and O–H groups in total. The topological polar surface area (TPSA) is 136 Å². The molecule has 0 bridgehead atoms. The summed E-state index contributed by atoms with van der Waals surface area (Å²) in [6.07, 6.45) is 1.50. The number of rotatable bonds is 6. The van der Waals surface area contributed by atoms with Crippen LogP contribution in [0.4, 0.5) is 0 Å². The number of aromatic carboxylic acids is 1. The molecule has 0 unspecified atom stereocenters. The first-order valence-corrected chi connectivity index (χ1v) is 5.76. The first kappa shape index (κ1) is 13.7. The molecule has 0 aliphatic rings. The van der Waals surface area contributed by atoms with E-state index in [-0.39, 0.29) is 36.9 Å². The highest BCUT2D eigenvalue weighted by molar-refractivity contribution is 5.86. The van der Waals surface area contributed by atoms with Crippen LogP contribution in [-0.2, 0) is 24.4 Å². The molecule has 0 fully saturated rings. The molecule has 0 spiro atoms. The molecule has 0 atom stereocenters. The Morgan fingerprint density at radius 3 is 2.90 bits per heavy atom. The highest BCUT2D eigenvalue weighted by Gasteiger charge is 2.19. The van der Waals surface area contributed by atoms with Gasteiger partial charge in [-0.2, -0.15) is 0 Å². The van der Waals surface area contributed by atoms with Crippen LogP contribution in [-0.4, -0.2) is 32.0 Å². The fourth-order valence-corrected chi connectivity index (χ4v) is 1.62. The van der Waals surface area contributed by atoms with Gasteiger partial charge in [0.2, 0.25) is 5.91 Å².